The molecule has 0 heterocycles. The molecule has 0 radical (unpaired) electrons. The van der Waals surface area contributed by atoms with Crippen LogP contribution in [0.2, 0.25) is 0 Å². The van der Waals surface area contributed by atoms with Crippen LogP contribution in [0.3, 0.4) is 0 Å². The van der Waals surface area contributed by atoms with Crippen LogP contribution in [0.15, 0.2) is 23.8 Å². The van der Waals surface area contributed by atoms with Gasteiger partial charge in [0.15, 0.2) is 0 Å². The van der Waals surface area contributed by atoms with Gasteiger partial charge in [-0.1, -0.05) is 67.5 Å². The number of hydrogen-bond acceptors (Lipinski definition) is 0. The predicted octanol–water partition coefficient (Wildman–Crippen LogP) is 5.47. The summed E-state index contributed by atoms with van der Waals surface area (Å²) in [5.41, 5.74) is 6.06. The van der Waals surface area contributed by atoms with E-state index in [1.807, 2.05) is 0 Å². The highest BCUT2D eigenvalue weighted by atomic mass is 14.3. The lowest BCUT2D eigenvalue weighted by atomic mass is 9.79. The van der Waals surface area contributed by atoms with E-state index < -0.39 is 0 Å². The molecule has 1 saturated carbocycles. The number of fused-ring (bicyclic) bond motifs is 1. The van der Waals surface area contributed by atoms with E-state index in [9.17, 15) is 0 Å². The molecule has 0 N–H and O–H groups in total. The van der Waals surface area contributed by atoms with Gasteiger partial charge in [-0.3, -0.25) is 0 Å². The molecule has 0 saturated heterocycles. The lowest BCUT2D eigenvalue weighted by molar-refractivity contribution is 0.327. The summed E-state index contributed by atoms with van der Waals surface area (Å²) >= 11 is 0. The Morgan fingerprint density at radius 3 is 2.61 bits per heavy atom. The lowest BCUT2D eigenvalue weighted by Crippen LogP contribution is -2.11. The fourth-order valence-corrected chi connectivity index (χ4v) is 3.79. The van der Waals surface area contributed by atoms with Gasteiger partial charge in [-0.05, 0) is 37.3 Å². The summed E-state index contributed by atoms with van der Waals surface area (Å²) in [4.78, 5) is 0. The second-order valence-corrected chi connectivity index (χ2v) is 6.31. The second-order valence-electron chi connectivity index (χ2n) is 6.31. The Morgan fingerprint density at radius 1 is 1.06 bits per heavy atom. The molecule has 1 unspecified atom stereocenters. The minimum absolute atomic E-state index is 0.711. The van der Waals surface area contributed by atoms with Crippen LogP contribution in [0.4, 0.5) is 0 Å². The predicted molar refractivity (Wildman–Crippen MR) is 78.8 cm³/mol. The molecule has 1 aromatic rings. The van der Waals surface area contributed by atoms with Crippen molar-refractivity contribution >= 4 is 6.08 Å². The summed E-state index contributed by atoms with van der Waals surface area (Å²) in [7, 11) is 0. The van der Waals surface area contributed by atoms with Gasteiger partial charge in [-0.2, -0.15) is 0 Å². The minimum Gasteiger partial charge on any atom is -0.0652 e. The van der Waals surface area contributed by atoms with Crippen LogP contribution in [-0.4, -0.2) is 0 Å². The maximum atomic E-state index is 2.41. The molecule has 1 fully saturated rings. The summed E-state index contributed by atoms with van der Waals surface area (Å²) in [5, 5.41) is 0. The van der Waals surface area contributed by atoms with Gasteiger partial charge < -0.3 is 0 Å². The smallest absolute Gasteiger partial charge is 0.00574 e. The maximum absolute atomic E-state index is 2.41. The molecule has 2 aliphatic carbocycles. The van der Waals surface area contributed by atoms with Crippen LogP contribution >= 0.6 is 0 Å². The van der Waals surface area contributed by atoms with Crippen molar-refractivity contribution in [3.8, 4) is 0 Å². The number of aryl methyl sites for hydroxylation is 1. The topological polar surface area (TPSA) is 0 Å². The van der Waals surface area contributed by atoms with E-state index >= 15 is 0 Å². The fourth-order valence-electron chi connectivity index (χ4n) is 3.79. The summed E-state index contributed by atoms with van der Waals surface area (Å²) in [6.45, 7) is 4.54. The zero-order valence-electron chi connectivity index (χ0n) is 11.7. The molecule has 0 bridgehead atoms. The van der Waals surface area contributed by atoms with Gasteiger partial charge in [0.1, 0.15) is 0 Å². The summed E-state index contributed by atoms with van der Waals surface area (Å²) in [6, 6.07) is 6.95. The van der Waals surface area contributed by atoms with Gasteiger partial charge in [-0.15, -0.1) is 0 Å². The molecule has 0 aliphatic heterocycles. The SMILES string of the molecule is CC1=Cc2ccc(C)cc2C1CC1CCCCC1. The average Bonchev–Trinajstić information content (AvgIpc) is 2.67. The number of benzene rings is 1. The Labute approximate surface area is 111 Å². The van der Waals surface area contributed by atoms with Crippen molar-refractivity contribution in [3.63, 3.8) is 0 Å². The van der Waals surface area contributed by atoms with E-state index in [1.165, 1.54) is 49.7 Å². The van der Waals surface area contributed by atoms with Gasteiger partial charge in [0.05, 0.1) is 0 Å². The third-order valence-corrected chi connectivity index (χ3v) is 4.84. The number of allylic oxidation sites excluding steroid dienone is 1. The van der Waals surface area contributed by atoms with Crippen molar-refractivity contribution in [2.75, 3.05) is 0 Å². The van der Waals surface area contributed by atoms with Crippen LogP contribution in [0.1, 0.15) is 68.1 Å². The minimum atomic E-state index is 0.711. The van der Waals surface area contributed by atoms with Gasteiger partial charge in [0.2, 0.25) is 0 Å². The zero-order valence-corrected chi connectivity index (χ0v) is 11.7. The maximum Gasteiger partial charge on any atom is 0.00574 e. The molecule has 0 amide bonds. The van der Waals surface area contributed by atoms with Crippen molar-refractivity contribution in [2.24, 2.45) is 5.92 Å². The van der Waals surface area contributed by atoms with Crippen LogP contribution in [-0.2, 0) is 0 Å². The molecule has 18 heavy (non-hydrogen) atoms. The van der Waals surface area contributed by atoms with Crippen molar-refractivity contribution < 1.29 is 0 Å². The van der Waals surface area contributed by atoms with Crippen molar-refractivity contribution in [2.45, 2.75) is 58.3 Å². The molecule has 1 atom stereocenters. The van der Waals surface area contributed by atoms with Gasteiger partial charge in [0, 0.05) is 5.92 Å². The normalized spacial score (nSPS) is 23.9. The molecule has 2 aliphatic rings. The van der Waals surface area contributed by atoms with Crippen LogP contribution in [0.25, 0.3) is 6.08 Å². The Kier molecular flexibility index (Phi) is 3.28. The van der Waals surface area contributed by atoms with Crippen LogP contribution in [0, 0.1) is 12.8 Å². The Bertz CT molecular complexity index is 461. The molecular formula is C18H24. The molecule has 1 aromatic carbocycles. The van der Waals surface area contributed by atoms with E-state index in [2.05, 4.69) is 38.1 Å². The summed E-state index contributed by atoms with van der Waals surface area (Å²) < 4.78 is 0. The van der Waals surface area contributed by atoms with E-state index in [4.69, 9.17) is 0 Å². The Morgan fingerprint density at radius 2 is 1.83 bits per heavy atom. The largest absolute Gasteiger partial charge is 0.0652 e. The summed E-state index contributed by atoms with van der Waals surface area (Å²) in [5.74, 6) is 1.68. The first-order valence-electron chi connectivity index (χ1n) is 7.53. The molecule has 3 rings (SSSR count). The highest BCUT2D eigenvalue weighted by molar-refractivity contribution is 5.66. The van der Waals surface area contributed by atoms with E-state index in [0.717, 1.165) is 5.92 Å². The molecule has 0 aromatic heterocycles. The quantitative estimate of drug-likeness (QED) is 0.643. The van der Waals surface area contributed by atoms with Crippen LogP contribution in [0.5, 0.6) is 0 Å². The fraction of sp³-hybridized carbons (Fsp3) is 0.556. The van der Waals surface area contributed by atoms with Crippen molar-refractivity contribution in [1.82, 2.24) is 0 Å². The van der Waals surface area contributed by atoms with E-state index in [-0.39, 0.29) is 0 Å². The highest BCUT2D eigenvalue weighted by Gasteiger charge is 2.26. The zero-order chi connectivity index (χ0) is 12.5. The van der Waals surface area contributed by atoms with Gasteiger partial charge >= 0.3 is 0 Å². The third kappa shape index (κ3) is 2.25. The number of hydrogen-bond donors (Lipinski definition) is 0. The molecule has 0 heteroatoms. The first kappa shape index (κ1) is 12.0. The first-order valence-corrected chi connectivity index (χ1v) is 7.53. The van der Waals surface area contributed by atoms with Gasteiger partial charge in [-0.25, -0.2) is 0 Å². The van der Waals surface area contributed by atoms with Gasteiger partial charge in [0.25, 0.3) is 0 Å². The van der Waals surface area contributed by atoms with E-state index in [0.29, 0.717) is 5.92 Å². The van der Waals surface area contributed by atoms with E-state index in [1.54, 1.807) is 11.1 Å². The molecule has 0 nitrogen and oxygen atoms in total. The second kappa shape index (κ2) is 4.91. The summed E-state index contributed by atoms with van der Waals surface area (Å²) in [6.07, 6.45) is 11.1. The Balaban J connectivity index is 1.80. The standard InChI is InChI=1S/C18H24/c1-13-8-9-16-11-14(2)17(18(16)10-13)12-15-6-4-3-5-7-15/h8-11,15,17H,3-7,12H2,1-2H3. The molecular weight excluding hydrogens is 216 g/mol. The van der Waals surface area contributed by atoms with Crippen molar-refractivity contribution in [1.29, 1.82) is 0 Å². The third-order valence-electron chi connectivity index (χ3n) is 4.84. The average molecular weight is 240 g/mol. The number of rotatable bonds is 2. The lowest BCUT2D eigenvalue weighted by Gasteiger charge is -2.26. The monoisotopic (exact) mass is 240 g/mol. The molecule has 0 spiro atoms. The first-order chi connectivity index (χ1) is 8.74. The van der Waals surface area contributed by atoms with Crippen LogP contribution < -0.4 is 0 Å². The molecule has 96 valence electrons. The Hall–Kier alpha value is -1.04. The van der Waals surface area contributed by atoms with Crippen molar-refractivity contribution in [3.05, 3.63) is 40.5 Å². The highest BCUT2D eigenvalue weighted by Crippen LogP contribution is 2.42.